The smallest absolute Gasteiger partial charge is 0.245 e. The largest absolute Gasteiger partial charge is 0.377 e. The summed E-state index contributed by atoms with van der Waals surface area (Å²) in [5.74, 6) is -0.166. The minimum absolute atomic E-state index is 0.0682. The average molecular weight is 260 g/mol. The van der Waals surface area contributed by atoms with Gasteiger partial charge in [-0.3, -0.25) is 9.59 Å². The van der Waals surface area contributed by atoms with E-state index in [0.29, 0.717) is 32.9 Å². The van der Waals surface area contributed by atoms with Gasteiger partial charge in [0.15, 0.2) is 0 Å². The van der Waals surface area contributed by atoms with Gasteiger partial charge in [-0.15, -0.1) is 0 Å². The highest BCUT2D eigenvalue weighted by molar-refractivity contribution is 5.77. The van der Waals surface area contributed by atoms with Crippen molar-refractivity contribution in [2.45, 2.75) is 26.7 Å². The molecule has 0 saturated heterocycles. The van der Waals surface area contributed by atoms with E-state index in [4.69, 9.17) is 9.47 Å². The third-order valence-electron chi connectivity index (χ3n) is 2.08. The summed E-state index contributed by atoms with van der Waals surface area (Å²) in [4.78, 5) is 21.7. The van der Waals surface area contributed by atoms with E-state index in [2.05, 4.69) is 17.6 Å². The standard InChI is InChI=1S/C12H24N2O4/c1-3-4-5-14-12(16)10-18-9-8-17-7-6-13-11(2)15/h3-10H2,1-2H3,(H,13,15)(H,14,16). The lowest BCUT2D eigenvalue weighted by atomic mass is 10.3. The fraction of sp³-hybridized carbons (Fsp3) is 0.833. The molecule has 0 rings (SSSR count). The van der Waals surface area contributed by atoms with Crippen molar-refractivity contribution in [1.82, 2.24) is 10.6 Å². The first kappa shape index (κ1) is 16.9. The maximum absolute atomic E-state index is 11.2. The van der Waals surface area contributed by atoms with Gasteiger partial charge in [0.25, 0.3) is 0 Å². The Morgan fingerprint density at radius 3 is 2.39 bits per heavy atom. The van der Waals surface area contributed by atoms with Gasteiger partial charge in [-0.1, -0.05) is 13.3 Å². The molecule has 18 heavy (non-hydrogen) atoms. The summed E-state index contributed by atoms with van der Waals surface area (Å²) in [7, 11) is 0. The second kappa shape index (κ2) is 12.3. The number of unbranched alkanes of at least 4 members (excludes halogenated alkanes) is 1. The van der Waals surface area contributed by atoms with Crippen LogP contribution in [0.15, 0.2) is 0 Å². The molecule has 0 unspecified atom stereocenters. The molecule has 0 aliphatic rings. The Hall–Kier alpha value is -1.14. The summed E-state index contributed by atoms with van der Waals surface area (Å²) >= 11 is 0. The molecular weight excluding hydrogens is 236 g/mol. The van der Waals surface area contributed by atoms with Crippen LogP contribution >= 0.6 is 0 Å². The highest BCUT2D eigenvalue weighted by Crippen LogP contribution is 1.83. The van der Waals surface area contributed by atoms with E-state index in [1.54, 1.807) is 0 Å². The Labute approximate surface area is 108 Å². The number of rotatable bonds is 11. The van der Waals surface area contributed by atoms with Crippen LogP contribution in [0.25, 0.3) is 0 Å². The van der Waals surface area contributed by atoms with Gasteiger partial charge in [-0.2, -0.15) is 0 Å². The number of amides is 2. The zero-order valence-corrected chi connectivity index (χ0v) is 11.3. The molecule has 2 amide bonds. The summed E-state index contributed by atoms with van der Waals surface area (Å²) in [5, 5.41) is 5.37. The lowest BCUT2D eigenvalue weighted by molar-refractivity contribution is -0.126. The van der Waals surface area contributed by atoms with Gasteiger partial charge < -0.3 is 20.1 Å². The molecule has 106 valence electrons. The van der Waals surface area contributed by atoms with Crippen molar-refractivity contribution >= 4 is 11.8 Å². The van der Waals surface area contributed by atoms with E-state index < -0.39 is 0 Å². The third-order valence-corrected chi connectivity index (χ3v) is 2.08. The molecule has 0 atom stereocenters. The number of nitrogens with one attached hydrogen (secondary N) is 2. The molecule has 0 spiro atoms. The Morgan fingerprint density at radius 2 is 1.72 bits per heavy atom. The number of carbonyl (C=O) groups excluding carboxylic acids is 2. The second-order valence-electron chi connectivity index (χ2n) is 3.85. The Balaban J connectivity index is 3.15. The summed E-state index contributed by atoms with van der Waals surface area (Å²) in [6, 6.07) is 0. The van der Waals surface area contributed by atoms with Crippen molar-refractivity contribution in [3.05, 3.63) is 0 Å². The van der Waals surface area contributed by atoms with E-state index in [9.17, 15) is 9.59 Å². The van der Waals surface area contributed by atoms with E-state index in [0.717, 1.165) is 12.8 Å². The lowest BCUT2D eigenvalue weighted by Crippen LogP contribution is -2.29. The van der Waals surface area contributed by atoms with E-state index in [-0.39, 0.29) is 18.4 Å². The van der Waals surface area contributed by atoms with Crippen molar-refractivity contribution in [3.8, 4) is 0 Å². The molecule has 6 heteroatoms. The van der Waals surface area contributed by atoms with Crippen LogP contribution in [0.3, 0.4) is 0 Å². The van der Waals surface area contributed by atoms with Crippen LogP contribution in [0.1, 0.15) is 26.7 Å². The predicted molar refractivity (Wildman–Crippen MR) is 68.2 cm³/mol. The maximum Gasteiger partial charge on any atom is 0.245 e. The number of hydrogen-bond acceptors (Lipinski definition) is 4. The van der Waals surface area contributed by atoms with E-state index >= 15 is 0 Å². The number of ether oxygens (including phenoxy) is 2. The highest BCUT2D eigenvalue weighted by atomic mass is 16.5. The minimum atomic E-state index is -0.0957. The molecule has 0 saturated carbocycles. The molecule has 0 aromatic carbocycles. The zero-order chi connectivity index (χ0) is 13.6. The van der Waals surface area contributed by atoms with Crippen molar-refractivity contribution in [3.63, 3.8) is 0 Å². The maximum atomic E-state index is 11.2. The Kier molecular flexibility index (Phi) is 11.5. The molecule has 0 fully saturated rings. The molecule has 0 aliphatic carbocycles. The van der Waals surface area contributed by atoms with Crippen LogP contribution in [-0.4, -0.2) is 51.3 Å². The van der Waals surface area contributed by atoms with Crippen LogP contribution in [0.2, 0.25) is 0 Å². The predicted octanol–water partition coefficient (Wildman–Crippen LogP) is 0.0720. The molecule has 0 radical (unpaired) electrons. The van der Waals surface area contributed by atoms with Gasteiger partial charge in [0, 0.05) is 20.0 Å². The lowest BCUT2D eigenvalue weighted by Gasteiger charge is -2.07. The molecular formula is C12H24N2O4. The molecule has 0 heterocycles. The van der Waals surface area contributed by atoms with Crippen LogP contribution in [-0.2, 0) is 19.1 Å². The second-order valence-corrected chi connectivity index (χ2v) is 3.85. The molecule has 0 aliphatic heterocycles. The van der Waals surface area contributed by atoms with Gasteiger partial charge in [-0.05, 0) is 6.42 Å². The van der Waals surface area contributed by atoms with Crippen molar-refractivity contribution < 1.29 is 19.1 Å². The van der Waals surface area contributed by atoms with Gasteiger partial charge >= 0.3 is 0 Å². The van der Waals surface area contributed by atoms with Crippen LogP contribution in [0.4, 0.5) is 0 Å². The van der Waals surface area contributed by atoms with Gasteiger partial charge in [-0.25, -0.2) is 0 Å². The van der Waals surface area contributed by atoms with Gasteiger partial charge in [0.1, 0.15) is 6.61 Å². The van der Waals surface area contributed by atoms with Crippen molar-refractivity contribution in [1.29, 1.82) is 0 Å². The molecule has 0 bridgehead atoms. The Bertz CT molecular complexity index is 234. The van der Waals surface area contributed by atoms with Gasteiger partial charge in [0.2, 0.25) is 11.8 Å². The molecule has 0 aromatic heterocycles. The minimum Gasteiger partial charge on any atom is -0.377 e. The van der Waals surface area contributed by atoms with E-state index in [1.807, 2.05) is 0 Å². The van der Waals surface area contributed by atoms with Crippen LogP contribution < -0.4 is 10.6 Å². The van der Waals surface area contributed by atoms with Crippen LogP contribution in [0, 0.1) is 0 Å². The number of carbonyl (C=O) groups is 2. The molecule has 2 N–H and O–H groups in total. The summed E-state index contributed by atoms with van der Waals surface area (Å²) in [6.45, 7) is 6.04. The molecule has 6 nitrogen and oxygen atoms in total. The first-order valence-electron chi connectivity index (χ1n) is 6.33. The van der Waals surface area contributed by atoms with Crippen molar-refractivity contribution in [2.75, 3.05) is 39.5 Å². The quantitative estimate of drug-likeness (QED) is 0.516. The monoisotopic (exact) mass is 260 g/mol. The third kappa shape index (κ3) is 12.9. The summed E-state index contributed by atoms with van der Waals surface area (Å²) < 4.78 is 10.3. The van der Waals surface area contributed by atoms with Crippen molar-refractivity contribution in [2.24, 2.45) is 0 Å². The summed E-state index contributed by atoms with van der Waals surface area (Å²) in [5.41, 5.74) is 0. The zero-order valence-electron chi connectivity index (χ0n) is 11.3. The fourth-order valence-electron chi connectivity index (χ4n) is 1.14. The topological polar surface area (TPSA) is 76.7 Å². The highest BCUT2D eigenvalue weighted by Gasteiger charge is 1.99. The Morgan fingerprint density at radius 1 is 1.00 bits per heavy atom. The average Bonchev–Trinajstić information content (AvgIpc) is 2.32. The van der Waals surface area contributed by atoms with Gasteiger partial charge in [0.05, 0.1) is 19.8 Å². The first-order chi connectivity index (χ1) is 8.66. The fourth-order valence-corrected chi connectivity index (χ4v) is 1.14. The summed E-state index contributed by atoms with van der Waals surface area (Å²) in [6.07, 6.45) is 2.04. The molecule has 0 aromatic rings. The number of hydrogen-bond donors (Lipinski definition) is 2. The first-order valence-corrected chi connectivity index (χ1v) is 6.33. The van der Waals surface area contributed by atoms with Crippen LogP contribution in [0.5, 0.6) is 0 Å². The van der Waals surface area contributed by atoms with E-state index in [1.165, 1.54) is 6.92 Å². The SMILES string of the molecule is CCCCNC(=O)COCCOCCNC(C)=O. The normalized spacial score (nSPS) is 10.1.